The molecule has 0 saturated heterocycles. The number of Topliss-reactive ketones (excluding diaryl/α,β-unsaturated/α-hetero) is 1. The molecule has 152 valence electrons. The third-order valence-corrected chi connectivity index (χ3v) is 4.09. The summed E-state index contributed by atoms with van der Waals surface area (Å²) in [6, 6.07) is 1.20. The Balaban J connectivity index is 2.27. The minimum atomic E-state index is -0.424. The van der Waals surface area contributed by atoms with Crippen molar-refractivity contribution in [1.29, 1.82) is 0 Å². The van der Waals surface area contributed by atoms with E-state index in [0.29, 0.717) is 38.2 Å². The average Bonchev–Trinajstić information content (AvgIpc) is 3.18. The summed E-state index contributed by atoms with van der Waals surface area (Å²) in [5.41, 5.74) is 0.533. The van der Waals surface area contributed by atoms with E-state index >= 15 is 0 Å². The molecule has 0 aliphatic heterocycles. The number of hydrogen-bond donors (Lipinski definition) is 1. The molecular formula is C20H31NO6. The van der Waals surface area contributed by atoms with Gasteiger partial charge in [0.2, 0.25) is 0 Å². The summed E-state index contributed by atoms with van der Waals surface area (Å²) in [5, 5.41) is 3.12. The van der Waals surface area contributed by atoms with Crippen molar-refractivity contribution < 1.29 is 28.3 Å². The van der Waals surface area contributed by atoms with Gasteiger partial charge in [-0.2, -0.15) is 0 Å². The van der Waals surface area contributed by atoms with Crippen LogP contribution in [0.25, 0.3) is 0 Å². The number of hydrogen-bond acceptors (Lipinski definition) is 7. The van der Waals surface area contributed by atoms with Gasteiger partial charge in [-0.25, -0.2) is 0 Å². The van der Waals surface area contributed by atoms with Crippen LogP contribution in [0.1, 0.15) is 69.2 Å². The average molecular weight is 381 g/mol. The summed E-state index contributed by atoms with van der Waals surface area (Å²) in [7, 11) is 0. The third-order valence-electron chi connectivity index (χ3n) is 4.09. The maximum atomic E-state index is 12.1. The van der Waals surface area contributed by atoms with Crippen LogP contribution in [0.2, 0.25) is 0 Å². The molecule has 0 amide bonds. The highest BCUT2D eigenvalue weighted by atomic mass is 16.5. The van der Waals surface area contributed by atoms with Crippen LogP contribution in [0, 0.1) is 0 Å². The van der Waals surface area contributed by atoms with Crippen LogP contribution < -0.4 is 5.32 Å². The Hall–Kier alpha value is -2.15. The van der Waals surface area contributed by atoms with Gasteiger partial charge in [-0.05, 0) is 32.8 Å². The smallest absolute Gasteiger partial charge is 0.323 e. The molecule has 0 fully saturated rings. The van der Waals surface area contributed by atoms with Crippen LogP contribution in [0.5, 0.6) is 0 Å². The van der Waals surface area contributed by atoms with Crippen LogP contribution in [0.4, 0.5) is 0 Å². The summed E-state index contributed by atoms with van der Waals surface area (Å²) >= 11 is 0. The summed E-state index contributed by atoms with van der Waals surface area (Å²) in [6.45, 7) is 4.70. The summed E-state index contributed by atoms with van der Waals surface area (Å²) in [4.78, 5) is 35.3. The third kappa shape index (κ3) is 9.94. The summed E-state index contributed by atoms with van der Waals surface area (Å²) in [5.74, 6) is -0.483. The van der Waals surface area contributed by atoms with Crippen molar-refractivity contribution in [3.05, 3.63) is 24.2 Å². The van der Waals surface area contributed by atoms with Crippen molar-refractivity contribution in [1.82, 2.24) is 5.32 Å². The van der Waals surface area contributed by atoms with Gasteiger partial charge in [0.25, 0.3) is 0 Å². The van der Waals surface area contributed by atoms with Gasteiger partial charge in [-0.3, -0.25) is 14.4 Å². The number of rotatable bonds is 15. The predicted octanol–water partition coefficient (Wildman–Crippen LogP) is 3.28. The zero-order valence-corrected chi connectivity index (χ0v) is 16.3. The molecule has 1 heterocycles. The fourth-order valence-corrected chi connectivity index (χ4v) is 2.68. The molecule has 1 atom stereocenters. The monoisotopic (exact) mass is 381 g/mol. The Morgan fingerprint density at radius 1 is 1.04 bits per heavy atom. The second-order valence-electron chi connectivity index (χ2n) is 6.20. The van der Waals surface area contributed by atoms with E-state index < -0.39 is 6.04 Å². The van der Waals surface area contributed by atoms with Gasteiger partial charge in [-0.1, -0.05) is 19.3 Å². The van der Waals surface area contributed by atoms with Crippen molar-refractivity contribution in [2.75, 3.05) is 19.8 Å². The van der Waals surface area contributed by atoms with Gasteiger partial charge in [0.15, 0.2) is 5.78 Å². The highest BCUT2D eigenvalue weighted by Gasteiger charge is 2.19. The van der Waals surface area contributed by atoms with Crippen LogP contribution in [-0.4, -0.2) is 43.5 Å². The largest absolute Gasteiger partial charge is 0.472 e. The molecule has 0 spiro atoms. The quantitative estimate of drug-likeness (QED) is 0.283. The normalized spacial score (nSPS) is 11.8. The number of carbonyl (C=O) groups is 3. The number of carbonyl (C=O) groups excluding carboxylic acids is 3. The lowest BCUT2D eigenvalue weighted by atomic mass is 10.1. The minimum absolute atomic E-state index is 0.0298. The zero-order valence-electron chi connectivity index (χ0n) is 16.3. The Morgan fingerprint density at radius 2 is 1.78 bits per heavy atom. The molecular weight excluding hydrogens is 350 g/mol. The van der Waals surface area contributed by atoms with Crippen LogP contribution in [0.15, 0.2) is 23.0 Å². The van der Waals surface area contributed by atoms with Gasteiger partial charge in [0, 0.05) is 19.4 Å². The van der Waals surface area contributed by atoms with Crippen LogP contribution in [0.3, 0.4) is 0 Å². The Kier molecular flexibility index (Phi) is 11.8. The van der Waals surface area contributed by atoms with E-state index in [1.807, 2.05) is 0 Å². The molecule has 0 aliphatic carbocycles. The van der Waals surface area contributed by atoms with Crippen molar-refractivity contribution in [2.24, 2.45) is 0 Å². The van der Waals surface area contributed by atoms with Crippen molar-refractivity contribution >= 4 is 17.7 Å². The molecule has 1 aromatic rings. The van der Waals surface area contributed by atoms with Gasteiger partial charge < -0.3 is 19.2 Å². The standard InChI is InChI=1S/C20H31NO6/c1-3-26-19(23)10-8-6-5-7-9-17(20(24)27-4-2)21-13-11-18(22)16-12-14-25-15-16/h12,14-15,17,21H,3-11,13H2,1-2H3. The molecule has 0 aromatic carbocycles. The Bertz CT molecular complexity index is 555. The van der Waals surface area contributed by atoms with Gasteiger partial charge >= 0.3 is 11.9 Å². The molecule has 0 saturated carbocycles. The first-order valence-corrected chi connectivity index (χ1v) is 9.69. The van der Waals surface area contributed by atoms with E-state index in [9.17, 15) is 14.4 Å². The Morgan fingerprint density at radius 3 is 2.44 bits per heavy atom. The highest BCUT2D eigenvalue weighted by molar-refractivity contribution is 5.95. The second kappa shape index (κ2) is 14.0. The first-order valence-electron chi connectivity index (χ1n) is 9.69. The molecule has 1 aromatic heterocycles. The molecule has 1 N–H and O–H groups in total. The molecule has 0 aliphatic rings. The number of nitrogens with one attached hydrogen (secondary N) is 1. The lowest BCUT2D eigenvalue weighted by molar-refractivity contribution is -0.146. The minimum Gasteiger partial charge on any atom is -0.472 e. The number of unbranched alkanes of at least 4 members (excludes halogenated alkanes) is 3. The van der Waals surface area contributed by atoms with E-state index in [2.05, 4.69) is 5.32 Å². The summed E-state index contributed by atoms with van der Waals surface area (Å²) in [6.07, 6.45) is 7.70. The van der Waals surface area contributed by atoms with Crippen molar-refractivity contribution in [2.45, 2.75) is 64.8 Å². The number of ether oxygens (including phenoxy) is 2. The van der Waals surface area contributed by atoms with Crippen LogP contribution >= 0.6 is 0 Å². The van der Waals surface area contributed by atoms with Crippen molar-refractivity contribution in [3.63, 3.8) is 0 Å². The first kappa shape index (κ1) is 22.9. The zero-order chi connectivity index (χ0) is 19.9. The SMILES string of the molecule is CCOC(=O)CCCCCCC(NCCC(=O)c1ccoc1)C(=O)OCC. The lowest BCUT2D eigenvalue weighted by Crippen LogP contribution is -2.39. The van der Waals surface area contributed by atoms with Gasteiger partial charge in [0.05, 0.1) is 25.0 Å². The van der Waals surface area contributed by atoms with E-state index in [4.69, 9.17) is 13.9 Å². The second-order valence-corrected chi connectivity index (χ2v) is 6.20. The first-order chi connectivity index (χ1) is 13.1. The van der Waals surface area contributed by atoms with Gasteiger partial charge in [0.1, 0.15) is 12.3 Å². The predicted molar refractivity (Wildman–Crippen MR) is 100 cm³/mol. The van der Waals surface area contributed by atoms with Gasteiger partial charge in [-0.15, -0.1) is 0 Å². The maximum Gasteiger partial charge on any atom is 0.323 e. The molecule has 7 heteroatoms. The number of esters is 2. The van der Waals surface area contributed by atoms with E-state index in [0.717, 1.165) is 25.7 Å². The fraction of sp³-hybridized carbons (Fsp3) is 0.650. The lowest BCUT2D eigenvalue weighted by Gasteiger charge is -2.17. The van der Waals surface area contributed by atoms with E-state index in [-0.39, 0.29) is 24.1 Å². The van der Waals surface area contributed by atoms with Crippen LogP contribution in [-0.2, 0) is 19.1 Å². The molecule has 1 rings (SSSR count). The molecule has 0 bridgehead atoms. The highest BCUT2D eigenvalue weighted by Crippen LogP contribution is 2.10. The maximum absolute atomic E-state index is 12.1. The number of ketones is 1. The molecule has 7 nitrogen and oxygen atoms in total. The van der Waals surface area contributed by atoms with E-state index in [1.54, 1.807) is 19.9 Å². The van der Waals surface area contributed by atoms with E-state index in [1.165, 1.54) is 12.5 Å². The Labute approximate surface area is 160 Å². The molecule has 27 heavy (non-hydrogen) atoms. The molecule has 1 unspecified atom stereocenters. The topological polar surface area (TPSA) is 94.8 Å². The van der Waals surface area contributed by atoms with Crippen molar-refractivity contribution in [3.8, 4) is 0 Å². The molecule has 0 radical (unpaired) electrons. The fourth-order valence-electron chi connectivity index (χ4n) is 2.68. The summed E-state index contributed by atoms with van der Waals surface area (Å²) < 4.78 is 14.9. The number of furan rings is 1.